The maximum absolute atomic E-state index is 11.9. The number of carbonyl (C=O) groups is 1. The number of amides is 1. The van der Waals surface area contributed by atoms with Crippen LogP contribution in [0.1, 0.15) is 35.6 Å². The molecule has 3 rings (SSSR count). The van der Waals surface area contributed by atoms with Gasteiger partial charge in [0, 0.05) is 6.42 Å². The van der Waals surface area contributed by atoms with E-state index >= 15 is 0 Å². The molecule has 0 fully saturated rings. The molecule has 0 saturated carbocycles. The van der Waals surface area contributed by atoms with Crippen LogP contribution < -0.4 is 14.8 Å². The zero-order valence-corrected chi connectivity index (χ0v) is 11.6. The van der Waals surface area contributed by atoms with E-state index in [4.69, 9.17) is 9.47 Å². The number of hydrogen-bond donors (Lipinski definition) is 2. The summed E-state index contributed by atoms with van der Waals surface area (Å²) in [6.45, 7) is 3.19. The van der Waals surface area contributed by atoms with E-state index in [0.29, 0.717) is 19.0 Å². The van der Waals surface area contributed by atoms with Crippen molar-refractivity contribution in [2.75, 3.05) is 13.2 Å². The van der Waals surface area contributed by atoms with Crippen molar-refractivity contribution in [1.29, 1.82) is 0 Å². The highest BCUT2D eigenvalue weighted by molar-refractivity contribution is 5.90. The van der Waals surface area contributed by atoms with E-state index in [9.17, 15) is 4.79 Å². The van der Waals surface area contributed by atoms with Crippen molar-refractivity contribution < 1.29 is 14.3 Å². The highest BCUT2D eigenvalue weighted by Crippen LogP contribution is 2.32. The van der Waals surface area contributed by atoms with E-state index in [-0.39, 0.29) is 17.8 Å². The molecule has 1 aromatic carbocycles. The first kappa shape index (κ1) is 13.4. The van der Waals surface area contributed by atoms with Crippen molar-refractivity contribution in [2.24, 2.45) is 0 Å². The van der Waals surface area contributed by atoms with E-state index in [0.717, 1.165) is 17.7 Å². The Labute approximate surface area is 121 Å². The number of H-pyrrole nitrogens is 1. The average molecular weight is 288 g/mol. The van der Waals surface area contributed by atoms with Crippen LogP contribution in [-0.4, -0.2) is 34.3 Å². The van der Waals surface area contributed by atoms with Gasteiger partial charge < -0.3 is 14.8 Å². The van der Waals surface area contributed by atoms with Crippen molar-refractivity contribution >= 4 is 5.91 Å². The van der Waals surface area contributed by atoms with Gasteiger partial charge in [-0.1, -0.05) is 6.07 Å². The van der Waals surface area contributed by atoms with Gasteiger partial charge in [-0.05, 0) is 24.6 Å². The Morgan fingerprint density at radius 3 is 2.90 bits per heavy atom. The minimum Gasteiger partial charge on any atom is -0.490 e. The Morgan fingerprint density at radius 2 is 2.14 bits per heavy atom. The maximum atomic E-state index is 11.9. The fourth-order valence-electron chi connectivity index (χ4n) is 2.11. The fourth-order valence-corrected chi connectivity index (χ4v) is 2.11. The molecule has 0 saturated heterocycles. The largest absolute Gasteiger partial charge is 0.490 e. The lowest BCUT2D eigenvalue weighted by Crippen LogP contribution is -2.27. The van der Waals surface area contributed by atoms with Crippen molar-refractivity contribution in [2.45, 2.75) is 19.4 Å². The van der Waals surface area contributed by atoms with Crippen molar-refractivity contribution in [3.8, 4) is 11.5 Å². The smallest absolute Gasteiger partial charge is 0.289 e. The van der Waals surface area contributed by atoms with Crippen LogP contribution in [0.15, 0.2) is 24.5 Å². The summed E-state index contributed by atoms with van der Waals surface area (Å²) >= 11 is 0. The molecule has 1 amide bonds. The Kier molecular flexibility index (Phi) is 3.72. The van der Waals surface area contributed by atoms with Gasteiger partial charge in [0.05, 0.1) is 19.3 Å². The van der Waals surface area contributed by atoms with E-state index in [1.165, 1.54) is 6.33 Å². The first-order valence-electron chi connectivity index (χ1n) is 6.80. The molecule has 0 bridgehead atoms. The van der Waals surface area contributed by atoms with Gasteiger partial charge in [0.25, 0.3) is 5.91 Å². The molecule has 1 aromatic heterocycles. The second-order valence-corrected chi connectivity index (χ2v) is 4.79. The topological polar surface area (TPSA) is 89.1 Å². The summed E-state index contributed by atoms with van der Waals surface area (Å²) in [7, 11) is 0. The first-order chi connectivity index (χ1) is 10.2. The number of fused-ring (bicyclic) bond motifs is 1. The first-order valence-corrected chi connectivity index (χ1v) is 6.80. The third-order valence-corrected chi connectivity index (χ3v) is 3.25. The summed E-state index contributed by atoms with van der Waals surface area (Å²) in [6, 6.07) is 5.50. The molecular formula is C14H16N4O3. The Balaban J connectivity index is 1.74. The van der Waals surface area contributed by atoms with Crippen LogP contribution in [0.5, 0.6) is 11.5 Å². The molecule has 1 atom stereocenters. The molecule has 0 radical (unpaired) electrons. The second kappa shape index (κ2) is 5.82. The van der Waals surface area contributed by atoms with Crippen LogP contribution in [0, 0.1) is 0 Å². The van der Waals surface area contributed by atoms with Gasteiger partial charge in [-0.25, -0.2) is 4.98 Å². The van der Waals surface area contributed by atoms with Gasteiger partial charge >= 0.3 is 0 Å². The zero-order chi connectivity index (χ0) is 14.7. The van der Waals surface area contributed by atoms with Crippen molar-refractivity contribution in [3.63, 3.8) is 0 Å². The molecule has 0 aliphatic carbocycles. The summed E-state index contributed by atoms with van der Waals surface area (Å²) in [5.41, 5.74) is 0.937. The van der Waals surface area contributed by atoms with Gasteiger partial charge in [0.2, 0.25) is 5.82 Å². The van der Waals surface area contributed by atoms with Crippen LogP contribution in [0.2, 0.25) is 0 Å². The maximum Gasteiger partial charge on any atom is 0.289 e. The molecule has 1 aliphatic heterocycles. The lowest BCUT2D eigenvalue weighted by Gasteiger charge is -2.15. The van der Waals surface area contributed by atoms with Crippen LogP contribution in [0.4, 0.5) is 0 Å². The minimum absolute atomic E-state index is 0.181. The molecule has 21 heavy (non-hydrogen) atoms. The van der Waals surface area contributed by atoms with Crippen LogP contribution in [0.3, 0.4) is 0 Å². The lowest BCUT2D eigenvalue weighted by atomic mass is 10.1. The monoisotopic (exact) mass is 288 g/mol. The number of carbonyl (C=O) groups excluding carboxylic acids is 1. The van der Waals surface area contributed by atoms with Crippen molar-refractivity contribution in [1.82, 2.24) is 20.5 Å². The summed E-state index contributed by atoms with van der Waals surface area (Å²) in [4.78, 5) is 15.8. The number of rotatable bonds is 3. The summed E-state index contributed by atoms with van der Waals surface area (Å²) < 4.78 is 11.2. The molecule has 2 aromatic rings. The predicted molar refractivity (Wildman–Crippen MR) is 74.3 cm³/mol. The molecule has 110 valence electrons. The normalized spacial score (nSPS) is 15.1. The number of nitrogens with zero attached hydrogens (tertiary/aromatic N) is 2. The number of nitrogens with one attached hydrogen (secondary N) is 2. The van der Waals surface area contributed by atoms with Gasteiger partial charge in [-0.15, -0.1) is 0 Å². The molecule has 2 heterocycles. The Hall–Kier alpha value is -2.57. The van der Waals surface area contributed by atoms with E-state index in [1.54, 1.807) is 0 Å². The number of aromatic nitrogens is 3. The lowest BCUT2D eigenvalue weighted by molar-refractivity contribution is 0.0929. The van der Waals surface area contributed by atoms with Gasteiger partial charge in [0.15, 0.2) is 11.5 Å². The standard InChI is InChI=1S/C14H16N4O3/c1-9(17-14(19)13-15-8-16-18-13)10-3-4-11-12(7-10)21-6-2-5-20-11/h3-4,7-9H,2,5-6H2,1H3,(H,17,19)(H,15,16,18)/t9-/m0/s1. The van der Waals surface area contributed by atoms with Crippen molar-refractivity contribution in [3.05, 3.63) is 35.9 Å². The number of benzene rings is 1. The number of hydrogen-bond acceptors (Lipinski definition) is 5. The Morgan fingerprint density at radius 1 is 1.33 bits per heavy atom. The molecule has 1 aliphatic rings. The quantitative estimate of drug-likeness (QED) is 0.892. The molecule has 2 N–H and O–H groups in total. The molecule has 7 nitrogen and oxygen atoms in total. The van der Waals surface area contributed by atoms with Gasteiger partial charge in [-0.3, -0.25) is 9.89 Å². The summed E-state index contributed by atoms with van der Waals surface area (Å²) in [5.74, 6) is 1.35. The third kappa shape index (κ3) is 2.96. The average Bonchev–Trinajstić information content (AvgIpc) is 2.92. The van der Waals surface area contributed by atoms with Gasteiger partial charge in [-0.2, -0.15) is 5.10 Å². The summed E-state index contributed by atoms with van der Waals surface area (Å²) in [5, 5.41) is 9.04. The molecule has 7 heteroatoms. The van der Waals surface area contributed by atoms with Crippen LogP contribution in [0.25, 0.3) is 0 Å². The Bertz CT molecular complexity index is 627. The van der Waals surface area contributed by atoms with Gasteiger partial charge in [0.1, 0.15) is 6.33 Å². The second-order valence-electron chi connectivity index (χ2n) is 4.79. The molecule has 0 spiro atoms. The number of aromatic amines is 1. The van der Waals surface area contributed by atoms with E-state index < -0.39 is 0 Å². The third-order valence-electron chi connectivity index (χ3n) is 3.25. The van der Waals surface area contributed by atoms with E-state index in [1.807, 2.05) is 25.1 Å². The van der Waals surface area contributed by atoms with E-state index in [2.05, 4.69) is 20.5 Å². The fraction of sp³-hybridized carbons (Fsp3) is 0.357. The molecular weight excluding hydrogens is 272 g/mol. The SMILES string of the molecule is C[C@H](NC(=O)c1ncn[nH]1)c1ccc2c(c1)OCCCO2. The highest BCUT2D eigenvalue weighted by atomic mass is 16.5. The summed E-state index contributed by atoms with van der Waals surface area (Å²) in [6.07, 6.45) is 2.16. The van der Waals surface area contributed by atoms with Crippen LogP contribution >= 0.6 is 0 Å². The molecule has 0 unspecified atom stereocenters. The highest BCUT2D eigenvalue weighted by Gasteiger charge is 2.16. The minimum atomic E-state index is -0.299. The van der Waals surface area contributed by atoms with Crippen LogP contribution in [-0.2, 0) is 0 Å². The predicted octanol–water partition coefficient (Wildman–Crippen LogP) is 1.46. The number of ether oxygens (including phenoxy) is 2. The zero-order valence-electron chi connectivity index (χ0n) is 11.6.